The van der Waals surface area contributed by atoms with Crippen LogP contribution in [-0.4, -0.2) is 49.6 Å². The lowest BCUT2D eigenvalue weighted by Gasteiger charge is -2.40. The summed E-state index contributed by atoms with van der Waals surface area (Å²) in [6.45, 7) is 7.14. The van der Waals surface area contributed by atoms with E-state index < -0.39 is 0 Å². The van der Waals surface area contributed by atoms with Crippen molar-refractivity contribution in [3.8, 4) is 5.75 Å². The van der Waals surface area contributed by atoms with Crippen LogP contribution in [0.3, 0.4) is 0 Å². The van der Waals surface area contributed by atoms with E-state index in [0.717, 1.165) is 41.9 Å². The molecule has 0 spiro atoms. The molecule has 1 saturated heterocycles. The van der Waals surface area contributed by atoms with Crippen molar-refractivity contribution in [2.75, 3.05) is 31.6 Å². The summed E-state index contributed by atoms with van der Waals surface area (Å²) in [6, 6.07) is 16.6. The molecule has 5 heteroatoms. The molecule has 1 aromatic heterocycles. The molecule has 5 nitrogen and oxygen atoms in total. The monoisotopic (exact) mass is 378 g/mol. The maximum atomic E-state index is 13.2. The zero-order valence-corrected chi connectivity index (χ0v) is 16.7. The van der Waals surface area contributed by atoms with Gasteiger partial charge < -0.3 is 19.5 Å². The number of anilines is 1. The van der Waals surface area contributed by atoms with E-state index in [1.807, 2.05) is 42.6 Å². The van der Waals surface area contributed by atoms with Crippen LogP contribution in [0, 0.1) is 0 Å². The predicted octanol–water partition coefficient (Wildman–Crippen LogP) is 2.54. The van der Waals surface area contributed by atoms with Gasteiger partial charge in [0.15, 0.2) is 0 Å². The van der Waals surface area contributed by atoms with Gasteiger partial charge in [0.2, 0.25) is 5.78 Å². The summed E-state index contributed by atoms with van der Waals surface area (Å²) in [4.78, 5) is 20.2. The molecule has 2 aromatic carbocycles. The number of Topliss-reactive ketones (excluding diaryl/α,β-unsaturated/α-hetero) is 1. The van der Waals surface area contributed by atoms with Crippen LogP contribution in [0.4, 0.5) is 5.69 Å². The molecule has 1 fully saturated rings. The van der Waals surface area contributed by atoms with Gasteiger partial charge in [0, 0.05) is 28.4 Å². The van der Waals surface area contributed by atoms with Crippen molar-refractivity contribution in [1.29, 1.82) is 0 Å². The number of para-hydroxylation sites is 1. The van der Waals surface area contributed by atoms with Crippen molar-refractivity contribution in [2.24, 2.45) is 0 Å². The second-order valence-electron chi connectivity index (χ2n) is 7.69. The first kappa shape index (κ1) is 18.6. The van der Waals surface area contributed by atoms with Crippen LogP contribution in [0.25, 0.3) is 10.9 Å². The highest BCUT2D eigenvalue weighted by Gasteiger charge is 2.34. The summed E-state index contributed by atoms with van der Waals surface area (Å²) in [6.07, 6.45) is 1.86. The van der Waals surface area contributed by atoms with Crippen molar-refractivity contribution < 1.29 is 14.4 Å². The molecule has 0 aliphatic carbocycles. The third kappa shape index (κ3) is 3.38. The summed E-state index contributed by atoms with van der Waals surface area (Å²) in [5, 5.41) is 1.02. The Morgan fingerprint density at radius 2 is 1.96 bits per heavy atom. The number of nitrogens with one attached hydrogen (secondary N) is 2. The van der Waals surface area contributed by atoms with Gasteiger partial charge in [-0.25, -0.2) is 0 Å². The number of aromatic nitrogens is 1. The molecule has 0 radical (unpaired) electrons. The fraction of sp³-hybridized carbons (Fsp3) is 0.348. The number of carbonyl (C=O) groups excluding carboxylic acids is 1. The Morgan fingerprint density at radius 1 is 1.21 bits per heavy atom. The first-order chi connectivity index (χ1) is 13.6. The molecule has 2 N–H and O–H groups in total. The summed E-state index contributed by atoms with van der Waals surface area (Å²) >= 11 is 0. The normalized spacial score (nSPS) is 20.9. The van der Waals surface area contributed by atoms with Crippen molar-refractivity contribution in [3.63, 3.8) is 0 Å². The van der Waals surface area contributed by atoms with E-state index in [9.17, 15) is 4.79 Å². The van der Waals surface area contributed by atoms with Crippen LogP contribution >= 0.6 is 0 Å². The van der Waals surface area contributed by atoms with Crippen molar-refractivity contribution in [1.82, 2.24) is 4.98 Å². The van der Waals surface area contributed by atoms with Gasteiger partial charge in [0.1, 0.15) is 11.8 Å². The van der Waals surface area contributed by atoms with Crippen molar-refractivity contribution in [3.05, 3.63) is 60.3 Å². The van der Waals surface area contributed by atoms with Gasteiger partial charge in [0.05, 0.1) is 32.8 Å². The lowest BCUT2D eigenvalue weighted by molar-refractivity contribution is -0.916. The predicted molar refractivity (Wildman–Crippen MR) is 113 cm³/mol. The van der Waals surface area contributed by atoms with Crippen molar-refractivity contribution in [2.45, 2.75) is 25.9 Å². The minimum absolute atomic E-state index is 0.0559. The second-order valence-corrected chi connectivity index (χ2v) is 7.69. The number of ether oxygens (including phenoxy) is 1. The summed E-state index contributed by atoms with van der Waals surface area (Å²) < 4.78 is 5.26. The van der Waals surface area contributed by atoms with Gasteiger partial charge in [-0.15, -0.1) is 0 Å². The van der Waals surface area contributed by atoms with Crippen LogP contribution in [0.5, 0.6) is 5.75 Å². The van der Waals surface area contributed by atoms with E-state index >= 15 is 0 Å². The molecular formula is C23H28N3O2+. The molecule has 2 heterocycles. The minimum Gasteiger partial charge on any atom is -0.497 e. The number of nitrogens with zero attached hydrogens (tertiary/aromatic N) is 1. The highest BCUT2D eigenvalue weighted by Crippen LogP contribution is 2.22. The van der Waals surface area contributed by atoms with Crippen molar-refractivity contribution >= 4 is 22.4 Å². The minimum atomic E-state index is -0.0559. The van der Waals surface area contributed by atoms with E-state index in [1.54, 1.807) is 7.11 Å². The average molecular weight is 378 g/mol. The number of fused-ring (bicyclic) bond motifs is 1. The maximum absolute atomic E-state index is 13.2. The van der Waals surface area contributed by atoms with E-state index in [2.05, 4.69) is 35.9 Å². The molecular weight excluding hydrogens is 350 g/mol. The smallest absolute Gasteiger partial charge is 0.221 e. The standard InChI is InChI=1S/C23H27N3O2/c1-16-15-25(12-13-26(16)18-8-10-19(28-3)11-9-18)17(2)23(27)21-14-24-22-7-5-4-6-20(21)22/h4-11,14,16-17,24H,12-13,15H2,1-3H3/p+1/t16-,17-/m0/s1. The molecule has 146 valence electrons. The second kappa shape index (κ2) is 7.68. The van der Waals surface area contributed by atoms with Crippen LogP contribution < -0.4 is 14.5 Å². The van der Waals surface area contributed by atoms with Gasteiger partial charge in [0.25, 0.3) is 0 Å². The Balaban J connectivity index is 1.46. The summed E-state index contributed by atoms with van der Waals surface area (Å²) in [7, 11) is 1.69. The number of aromatic amines is 1. The van der Waals surface area contributed by atoms with E-state index in [1.165, 1.54) is 10.6 Å². The summed E-state index contributed by atoms with van der Waals surface area (Å²) in [5.74, 6) is 1.09. The Labute approximate surface area is 165 Å². The molecule has 0 saturated carbocycles. The number of carbonyl (C=O) groups is 1. The number of piperazine rings is 1. The largest absolute Gasteiger partial charge is 0.497 e. The number of methoxy groups -OCH3 is 1. The number of ketones is 1. The van der Waals surface area contributed by atoms with E-state index in [4.69, 9.17) is 4.74 Å². The lowest BCUT2D eigenvalue weighted by Crippen LogP contribution is -3.19. The van der Waals surface area contributed by atoms with Gasteiger partial charge in [-0.2, -0.15) is 0 Å². The molecule has 28 heavy (non-hydrogen) atoms. The number of quaternary nitrogens is 1. The van der Waals surface area contributed by atoms with Gasteiger partial charge in [-0.1, -0.05) is 18.2 Å². The quantitative estimate of drug-likeness (QED) is 0.671. The number of H-pyrrole nitrogens is 1. The molecule has 1 unspecified atom stereocenters. The average Bonchev–Trinajstić information content (AvgIpc) is 3.17. The Morgan fingerprint density at radius 3 is 2.68 bits per heavy atom. The SMILES string of the molecule is COc1ccc(N2CC[NH+]([C@@H](C)C(=O)c3c[nH]c4ccccc34)C[C@@H]2C)cc1. The van der Waals surface area contributed by atoms with Gasteiger partial charge >= 0.3 is 0 Å². The molecule has 4 rings (SSSR count). The topological polar surface area (TPSA) is 49.8 Å². The third-order valence-electron chi connectivity index (χ3n) is 6.03. The van der Waals surface area contributed by atoms with Crippen LogP contribution in [0.1, 0.15) is 24.2 Å². The fourth-order valence-electron chi connectivity index (χ4n) is 4.32. The Kier molecular flexibility index (Phi) is 5.09. The van der Waals surface area contributed by atoms with E-state index in [-0.39, 0.29) is 11.8 Å². The Bertz CT molecular complexity index is 963. The molecule has 1 aliphatic heterocycles. The fourth-order valence-corrected chi connectivity index (χ4v) is 4.32. The first-order valence-electron chi connectivity index (χ1n) is 9.94. The lowest BCUT2D eigenvalue weighted by atomic mass is 10.0. The molecule has 0 bridgehead atoms. The number of hydrogen-bond acceptors (Lipinski definition) is 3. The van der Waals surface area contributed by atoms with E-state index in [0.29, 0.717) is 6.04 Å². The van der Waals surface area contributed by atoms with Crippen LogP contribution in [-0.2, 0) is 0 Å². The molecule has 0 amide bonds. The highest BCUT2D eigenvalue weighted by atomic mass is 16.5. The molecule has 1 aliphatic rings. The highest BCUT2D eigenvalue weighted by molar-refractivity contribution is 6.09. The summed E-state index contributed by atoms with van der Waals surface area (Å²) in [5.41, 5.74) is 3.04. The van der Waals surface area contributed by atoms with Gasteiger partial charge in [-0.3, -0.25) is 4.79 Å². The molecule has 3 aromatic rings. The number of rotatable bonds is 5. The van der Waals surface area contributed by atoms with Crippen LogP contribution in [0.2, 0.25) is 0 Å². The Hall–Kier alpha value is -2.79. The van der Waals surface area contributed by atoms with Crippen LogP contribution in [0.15, 0.2) is 54.7 Å². The number of benzene rings is 2. The van der Waals surface area contributed by atoms with Gasteiger partial charge in [-0.05, 0) is 44.2 Å². The zero-order valence-electron chi connectivity index (χ0n) is 16.7. The third-order valence-corrected chi connectivity index (χ3v) is 6.03. The maximum Gasteiger partial charge on any atom is 0.221 e. The number of hydrogen-bond donors (Lipinski definition) is 2. The molecule has 3 atom stereocenters. The zero-order chi connectivity index (χ0) is 19.7. The first-order valence-corrected chi connectivity index (χ1v) is 9.94.